The Labute approximate surface area is 173 Å². The number of nitrogens with zero attached hydrogens (tertiary/aromatic N) is 1. The first-order chi connectivity index (χ1) is 14.0. The van der Waals surface area contributed by atoms with Gasteiger partial charge in [-0.1, -0.05) is 49.4 Å². The van der Waals surface area contributed by atoms with E-state index in [0.29, 0.717) is 19.8 Å². The van der Waals surface area contributed by atoms with Gasteiger partial charge in [0, 0.05) is 18.8 Å². The van der Waals surface area contributed by atoms with Crippen LogP contribution in [0.4, 0.5) is 5.69 Å². The van der Waals surface area contributed by atoms with Crippen LogP contribution in [-0.2, 0) is 33.9 Å². The Morgan fingerprint density at radius 3 is 2.28 bits per heavy atom. The fourth-order valence-electron chi connectivity index (χ4n) is 2.92. The number of hydrogen-bond acceptors (Lipinski definition) is 4. The molecule has 0 spiro atoms. The third-order valence-electron chi connectivity index (χ3n) is 4.48. The molecule has 2 aromatic rings. The number of hydrogen-bond donors (Lipinski definition) is 2. The highest BCUT2D eigenvalue weighted by Gasteiger charge is 2.12. The molecule has 0 aliphatic heterocycles. The highest BCUT2D eigenvalue weighted by atomic mass is 16.5. The predicted molar refractivity (Wildman–Crippen MR) is 116 cm³/mol. The maximum atomic E-state index is 12.3. The Balaban J connectivity index is 1.73. The van der Waals surface area contributed by atoms with Gasteiger partial charge in [-0.2, -0.15) is 0 Å². The number of aryl methyl sites for hydroxylation is 1. The van der Waals surface area contributed by atoms with Crippen LogP contribution in [0.25, 0.3) is 0 Å². The molecule has 2 aromatic carbocycles. The van der Waals surface area contributed by atoms with Gasteiger partial charge in [-0.05, 0) is 43.1 Å². The SMILES string of the molecule is CCOCc1ccc(CNC(=O)CN(C)CC(=O)Nc2ccccc2CC)cc1. The van der Waals surface area contributed by atoms with E-state index in [0.717, 1.165) is 28.8 Å². The summed E-state index contributed by atoms with van der Waals surface area (Å²) < 4.78 is 5.38. The summed E-state index contributed by atoms with van der Waals surface area (Å²) in [6.07, 6.45) is 0.849. The smallest absolute Gasteiger partial charge is 0.238 e. The van der Waals surface area contributed by atoms with Gasteiger partial charge in [0.15, 0.2) is 0 Å². The maximum absolute atomic E-state index is 12.3. The van der Waals surface area contributed by atoms with Crippen molar-refractivity contribution in [2.45, 2.75) is 33.4 Å². The summed E-state index contributed by atoms with van der Waals surface area (Å²) in [6, 6.07) is 15.7. The molecule has 0 fully saturated rings. The molecule has 2 N–H and O–H groups in total. The van der Waals surface area contributed by atoms with Crippen molar-refractivity contribution in [3.63, 3.8) is 0 Å². The molecule has 0 heterocycles. The van der Waals surface area contributed by atoms with Crippen molar-refractivity contribution in [2.75, 3.05) is 32.1 Å². The lowest BCUT2D eigenvalue weighted by Gasteiger charge is -2.17. The van der Waals surface area contributed by atoms with Crippen molar-refractivity contribution < 1.29 is 14.3 Å². The van der Waals surface area contributed by atoms with Gasteiger partial charge >= 0.3 is 0 Å². The molecule has 0 aliphatic carbocycles. The summed E-state index contributed by atoms with van der Waals surface area (Å²) in [7, 11) is 1.76. The number of anilines is 1. The molecule has 0 bridgehead atoms. The van der Waals surface area contributed by atoms with E-state index in [9.17, 15) is 9.59 Å². The van der Waals surface area contributed by atoms with Gasteiger partial charge in [-0.25, -0.2) is 0 Å². The number of carbonyl (C=O) groups excluding carboxylic acids is 2. The number of benzene rings is 2. The van der Waals surface area contributed by atoms with E-state index in [4.69, 9.17) is 4.74 Å². The van der Waals surface area contributed by atoms with E-state index in [-0.39, 0.29) is 24.9 Å². The quantitative estimate of drug-likeness (QED) is 0.612. The summed E-state index contributed by atoms with van der Waals surface area (Å²) in [5, 5.41) is 5.81. The average molecular weight is 398 g/mol. The molecule has 0 atom stereocenters. The normalized spacial score (nSPS) is 10.8. The van der Waals surface area contributed by atoms with E-state index in [1.165, 1.54) is 0 Å². The molecule has 0 radical (unpaired) electrons. The molecular formula is C23H31N3O3. The Hall–Kier alpha value is -2.70. The molecular weight excluding hydrogens is 366 g/mol. The second-order valence-electron chi connectivity index (χ2n) is 6.96. The fourth-order valence-corrected chi connectivity index (χ4v) is 2.92. The van der Waals surface area contributed by atoms with Crippen molar-refractivity contribution in [2.24, 2.45) is 0 Å². The van der Waals surface area contributed by atoms with E-state index in [1.807, 2.05) is 62.4 Å². The Bertz CT molecular complexity index is 790. The Morgan fingerprint density at radius 1 is 0.931 bits per heavy atom. The second-order valence-corrected chi connectivity index (χ2v) is 6.96. The fraction of sp³-hybridized carbons (Fsp3) is 0.391. The van der Waals surface area contributed by atoms with Crippen LogP contribution in [0.15, 0.2) is 48.5 Å². The number of rotatable bonds is 11. The zero-order valence-corrected chi connectivity index (χ0v) is 17.5. The third kappa shape index (κ3) is 8.05. The highest BCUT2D eigenvalue weighted by Crippen LogP contribution is 2.15. The van der Waals surface area contributed by atoms with Crippen molar-refractivity contribution in [1.29, 1.82) is 0 Å². The first-order valence-corrected chi connectivity index (χ1v) is 10.00. The third-order valence-corrected chi connectivity index (χ3v) is 4.48. The molecule has 2 amide bonds. The molecule has 0 saturated carbocycles. The zero-order valence-electron chi connectivity index (χ0n) is 17.5. The van der Waals surface area contributed by atoms with E-state index in [2.05, 4.69) is 10.6 Å². The maximum Gasteiger partial charge on any atom is 0.238 e. The van der Waals surface area contributed by atoms with Gasteiger partial charge in [0.1, 0.15) is 0 Å². The minimum Gasteiger partial charge on any atom is -0.377 e. The summed E-state index contributed by atoms with van der Waals surface area (Å²) in [6.45, 7) is 6.07. The predicted octanol–water partition coefficient (Wildman–Crippen LogP) is 2.97. The van der Waals surface area contributed by atoms with Crippen molar-refractivity contribution in [3.8, 4) is 0 Å². The zero-order chi connectivity index (χ0) is 21.1. The Morgan fingerprint density at radius 2 is 1.59 bits per heavy atom. The highest BCUT2D eigenvalue weighted by molar-refractivity contribution is 5.93. The van der Waals surface area contributed by atoms with Crippen LogP contribution < -0.4 is 10.6 Å². The van der Waals surface area contributed by atoms with Crippen LogP contribution in [0.3, 0.4) is 0 Å². The number of amides is 2. The van der Waals surface area contributed by atoms with Crippen molar-refractivity contribution >= 4 is 17.5 Å². The van der Waals surface area contributed by atoms with Crippen LogP contribution in [0.2, 0.25) is 0 Å². The number of para-hydroxylation sites is 1. The van der Waals surface area contributed by atoms with Gasteiger partial charge in [-0.3, -0.25) is 14.5 Å². The van der Waals surface area contributed by atoms with Crippen LogP contribution >= 0.6 is 0 Å². The van der Waals surface area contributed by atoms with Crippen LogP contribution in [0, 0.1) is 0 Å². The first kappa shape index (κ1) is 22.6. The van der Waals surface area contributed by atoms with E-state index >= 15 is 0 Å². The average Bonchev–Trinajstić information content (AvgIpc) is 2.71. The standard InChI is InChI=1S/C23H31N3O3/c1-4-20-8-6-7-9-21(20)25-23(28)16-26(3)15-22(27)24-14-18-10-12-19(13-11-18)17-29-5-2/h6-13H,4-5,14-17H2,1-3H3,(H,24,27)(H,25,28). The minimum absolute atomic E-state index is 0.118. The number of carbonyl (C=O) groups is 2. The van der Waals surface area contributed by atoms with Gasteiger partial charge in [0.05, 0.1) is 19.7 Å². The lowest BCUT2D eigenvalue weighted by Crippen LogP contribution is -2.38. The van der Waals surface area contributed by atoms with Crippen LogP contribution in [0.5, 0.6) is 0 Å². The first-order valence-electron chi connectivity index (χ1n) is 10.00. The summed E-state index contributed by atoms with van der Waals surface area (Å²) in [5.74, 6) is -0.251. The number of nitrogens with one attached hydrogen (secondary N) is 2. The summed E-state index contributed by atoms with van der Waals surface area (Å²) in [5.41, 5.74) is 4.05. The van der Waals surface area contributed by atoms with E-state index < -0.39 is 0 Å². The Kier molecular flexibility index (Phi) is 9.34. The lowest BCUT2D eigenvalue weighted by atomic mass is 10.1. The molecule has 156 valence electrons. The van der Waals surface area contributed by atoms with Crippen molar-refractivity contribution in [3.05, 3.63) is 65.2 Å². The minimum atomic E-state index is -0.133. The van der Waals surface area contributed by atoms with Crippen LogP contribution in [0.1, 0.15) is 30.5 Å². The second kappa shape index (κ2) is 12.0. The van der Waals surface area contributed by atoms with Crippen molar-refractivity contribution in [1.82, 2.24) is 10.2 Å². The lowest BCUT2D eigenvalue weighted by molar-refractivity contribution is -0.123. The summed E-state index contributed by atoms with van der Waals surface area (Å²) in [4.78, 5) is 26.1. The molecule has 29 heavy (non-hydrogen) atoms. The molecule has 0 aliphatic rings. The van der Waals surface area contributed by atoms with Gasteiger partial charge in [-0.15, -0.1) is 0 Å². The molecule has 2 rings (SSSR count). The van der Waals surface area contributed by atoms with E-state index in [1.54, 1.807) is 11.9 Å². The molecule has 6 heteroatoms. The van der Waals surface area contributed by atoms with Crippen LogP contribution in [-0.4, -0.2) is 43.5 Å². The molecule has 0 unspecified atom stereocenters. The van der Waals surface area contributed by atoms with Gasteiger partial charge in [0.2, 0.25) is 11.8 Å². The molecule has 0 aromatic heterocycles. The largest absolute Gasteiger partial charge is 0.377 e. The molecule has 6 nitrogen and oxygen atoms in total. The van der Waals surface area contributed by atoms with Gasteiger partial charge in [0.25, 0.3) is 0 Å². The molecule has 0 saturated heterocycles. The van der Waals surface area contributed by atoms with Gasteiger partial charge < -0.3 is 15.4 Å². The topological polar surface area (TPSA) is 70.7 Å². The number of ether oxygens (including phenoxy) is 1. The monoisotopic (exact) mass is 397 g/mol. The summed E-state index contributed by atoms with van der Waals surface area (Å²) >= 11 is 0. The number of likely N-dealkylation sites (N-methyl/N-ethyl adjacent to an activating group) is 1.